The standard InChI is InChI=1S/C35H45N6O10P/c1-21(2)32(42)48-30-29(28-13-12-27-26(37)14-16-38-41(27)28)50-35(19-36,31(30)49-33(43)22(3)4)20-46-52(45,51-24-10-8-7-9-11-24)39-23(5)34(44)47-25-15-17-40(6)18-25/h7-14,16,21-23,25,29-31H,15,17-18,20,37H2,1-6H3,(H,39,45)/t23-,25-,29-,30-,31-,35+,52+/m0/s1. The molecule has 1 aromatic carbocycles. The fourth-order valence-corrected chi connectivity index (χ4v) is 7.30. The predicted octanol–water partition coefficient (Wildman–Crippen LogP) is 3.81. The molecule has 17 heteroatoms. The van der Waals surface area contributed by atoms with E-state index in [9.17, 15) is 24.2 Å². The molecule has 3 N–H and O–H groups in total. The summed E-state index contributed by atoms with van der Waals surface area (Å²) < 4.78 is 51.7. The zero-order valence-electron chi connectivity index (χ0n) is 30.0. The zero-order valence-corrected chi connectivity index (χ0v) is 30.9. The number of hydrogen-bond acceptors (Lipinski definition) is 14. The van der Waals surface area contributed by atoms with Crippen molar-refractivity contribution in [2.75, 3.05) is 32.5 Å². The van der Waals surface area contributed by atoms with Gasteiger partial charge >= 0.3 is 25.7 Å². The number of nitrogen functional groups attached to an aromatic ring is 1. The van der Waals surface area contributed by atoms with Crippen LogP contribution in [-0.2, 0) is 42.4 Å². The first kappa shape index (κ1) is 38.7. The first-order valence-electron chi connectivity index (χ1n) is 17.0. The van der Waals surface area contributed by atoms with Gasteiger partial charge in [0.05, 0.1) is 28.7 Å². The highest BCUT2D eigenvalue weighted by Gasteiger charge is 2.62. The predicted molar refractivity (Wildman–Crippen MR) is 186 cm³/mol. The van der Waals surface area contributed by atoms with Crippen molar-refractivity contribution in [1.29, 1.82) is 5.26 Å². The number of esters is 3. The number of carbonyl (C=O) groups is 3. The Hall–Kier alpha value is -4.52. The van der Waals surface area contributed by atoms with Gasteiger partial charge in [-0.1, -0.05) is 45.9 Å². The molecule has 7 atom stereocenters. The van der Waals surface area contributed by atoms with Crippen LogP contribution in [0.5, 0.6) is 5.75 Å². The maximum atomic E-state index is 14.6. The summed E-state index contributed by atoms with van der Waals surface area (Å²) >= 11 is 0. The van der Waals surface area contributed by atoms with Gasteiger partial charge in [-0.15, -0.1) is 0 Å². The normalized spacial score (nSPS) is 25.1. The van der Waals surface area contributed by atoms with E-state index >= 15 is 0 Å². The maximum absolute atomic E-state index is 14.6. The average molecular weight is 741 g/mol. The number of benzene rings is 1. The van der Waals surface area contributed by atoms with Crippen LogP contribution in [0.15, 0.2) is 54.7 Å². The molecule has 16 nitrogen and oxygen atoms in total. The molecule has 2 fully saturated rings. The summed E-state index contributed by atoms with van der Waals surface area (Å²) in [5, 5.41) is 17.9. The quantitative estimate of drug-likeness (QED) is 0.137. The number of nitrogens with one attached hydrogen (secondary N) is 1. The maximum Gasteiger partial charge on any atom is 0.459 e. The van der Waals surface area contributed by atoms with Gasteiger partial charge in [0.25, 0.3) is 0 Å². The first-order chi connectivity index (χ1) is 24.6. The van der Waals surface area contributed by atoms with Gasteiger partial charge in [-0.2, -0.15) is 15.4 Å². The zero-order chi connectivity index (χ0) is 37.8. The number of anilines is 1. The minimum Gasteiger partial charge on any atom is -0.460 e. The summed E-state index contributed by atoms with van der Waals surface area (Å²) in [4.78, 5) is 41.5. The number of aromatic nitrogens is 2. The van der Waals surface area contributed by atoms with Crippen LogP contribution in [0.2, 0.25) is 0 Å². The van der Waals surface area contributed by atoms with Gasteiger partial charge in [-0.25, -0.2) is 9.08 Å². The van der Waals surface area contributed by atoms with E-state index in [4.69, 9.17) is 33.7 Å². The molecule has 4 heterocycles. The van der Waals surface area contributed by atoms with E-state index in [-0.39, 0.29) is 11.9 Å². The van der Waals surface area contributed by atoms with E-state index in [1.165, 1.54) is 29.8 Å². The molecule has 3 aromatic rings. The third kappa shape index (κ3) is 8.57. The Kier molecular flexibility index (Phi) is 11.9. The van der Waals surface area contributed by atoms with Gasteiger partial charge in [0, 0.05) is 19.3 Å². The van der Waals surface area contributed by atoms with Crippen molar-refractivity contribution in [3.05, 3.63) is 60.4 Å². The van der Waals surface area contributed by atoms with Gasteiger partial charge in [-0.05, 0) is 50.7 Å². The Bertz CT molecular complexity index is 1850. The highest BCUT2D eigenvalue weighted by atomic mass is 31.2. The first-order valence-corrected chi connectivity index (χ1v) is 18.6. The fourth-order valence-electron chi connectivity index (χ4n) is 5.78. The van der Waals surface area contributed by atoms with Gasteiger partial charge < -0.3 is 34.1 Å². The second kappa shape index (κ2) is 16.0. The summed E-state index contributed by atoms with van der Waals surface area (Å²) in [6, 6.07) is 13.9. The second-order valence-electron chi connectivity index (χ2n) is 13.6. The van der Waals surface area contributed by atoms with Crippen molar-refractivity contribution in [2.24, 2.45) is 11.8 Å². The molecule has 0 spiro atoms. The van der Waals surface area contributed by atoms with E-state index in [2.05, 4.69) is 10.2 Å². The molecule has 0 amide bonds. The topological polar surface area (TPSA) is 206 Å². The van der Waals surface area contributed by atoms with Crippen LogP contribution >= 0.6 is 7.75 Å². The largest absolute Gasteiger partial charge is 0.460 e. The molecular formula is C35H45N6O10P. The molecule has 0 unspecified atom stereocenters. The van der Waals surface area contributed by atoms with Crippen molar-refractivity contribution < 1.29 is 46.9 Å². The minimum absolute atomic E-state index is 0.127. The Morgan fingerprint density at radius 1 is 1.04 bits per heavy atom. The lowest BCUT2D eigenvalue weighted by Gasteiger charge is -2.31. The van der Waals surface area contributed by atoms with E-state index < -0.39 is 74.1 Å². The van der Waals surface area contributed by atoms with Crippen LogP contribution in [-0.4, -0.2) is 89.1 Å². The number of likely N-dealkylation sites (tertiary alicyclic amines) is 1. The molecule has 2 aliphatic rings. The summed E-state index contributed by atoms with van der Waals surface area (Å²) in [6.07, 6.45) is -2.49. The van der Waals surface area contributed by atoms with E-state index in [0.717, 1.165) is 6.54 Å². The van der Waals surface area contributed by atoms with Gasteiger partial charge in [0.15, 0.2) is 12.2 Å². The molecular weight excluding hydrogens is 695 g/mol. The van der Waals surface area contributed by atoms with Gasteiger partial charge in [-0.3, -0.25) is 18.9 Å². The van der Waals surface area contributed by atoms with Crippen molar-refractivity contribution in [3.63, 3.8) is 0 Å². The van der Waals surface area contributed by atoms with Gasteiger partial charge in [0.1, 0.15) is 36.7 Å². The highest BCUT2D eigenvalue weighted by Crippen LogP contribution is 2.50. The molecule has 5 rings (SSSR count). The van der Waals surface area contributed by atoms with E-state index in [1.54, 1.807) is 64.1 Å². The molecule has 0 aliphatic carbocycles. The summed E-state index contributed by atoms with van der Waals surface area (Å²) in [7, 11) is -2.65. The van der Waals surface area contributed by atoms with Crippen LogP contribution in [0.4, 0.5) is 5.69 Å². The Morgan fingerprint density at radius 3 is 2.37 bits per heavy atom. The monoisotopic (exact) mass is 740 g/mol. The third-order valence-corrected chi connectivity index (χ3v) is 10.3. The average Bonchev–Trinajstić information content (AvgIpc) is 3.80. The number of nitriles is 1. The van der Waals surface area contributed by atoms with E-state index in [0.29, 0.717) is 29.9 Å². The molecule has 280 valence electrons. The number of para-hydroxylation sites is 1. The molecule has 0 saturated carbocycles. The van der Waals surface area contributed by atoms with Crippen molar-refractivity contribution in [2.45, 2.75) is 77.1 Å². The number of nitrogens with zero attached hydrogens (tertiary/aromatic N) is 4. The van der Waals surface area contributed by atoms with Crippen LogP contribution in [0.1, 0.15) is 52.8 Å². The molecule has 0 bridgehead atoms. The van der Waals surface area contributed by atoms with Crippen LogP contribution < -0.4 is 15.3 Å². The summed E-state index contributed by atoms with van der Waals surface area (Å²) in [5.41, 5.74) is 5.17. The Morgan fingerprint density at radius 2 is 1.73 bits per heavy atom. The number of nitrogens with two attached hydrogens (primary N) is 1. The molecule has 2 saturated heterocycles. The number of ether oxygens (including phenoxy) is 4. The van der Waals surface area contributed by atoms with Crippen LogP contribution in [0.3, 0.4) is 0 Å². The fraction of sp³-hybridized carbons (Fsp3) is 0.514. The lowest BCUT2D eigenvalue weighted by atomic mass is 9.95. The molecule has 0 radical (unpaired) electrons. The van der Waals surface area contributed by atoms with Crippen LogP contribution in [0.25, 0.3) is 5.52 Å². The Balaban J connectivity index is 1.52. The number of rotatable bonds is 14. The lowest BCUT2D eigenvalue weighted by Crippen LogP contribution is -2.50. The molecule has 2 aliphatic heterocycles. The SMILES string of the molecule is CC(C)C(=O)O[C@H]1[C@H](c2ccc3c(N)ccnn23)O[C@](C#N)(CO[P@](=O)(N[C@@H](C)C(=O)O[C@H]2CCN(C)C2)Oc2ccccc2)[C@H]1OC(=O)C(C)C. The van der Waals surface area contributed by atoms with Gasteiger partial charge in [0.2, 0.25) is 5.60 Å². The smallest absolute Gasteiger partial charge is 0.459 e. The molecule has 2 aromatic heterocycles. The van der Waals surface area contributed by atoms with Crippen molar-refractivity contribution >= 4 is 36.9 Å². The summed E-state index contributed by atoms with van der Waals surface area (Å²) in [5.74, 6) is -3.21. The highest BCUT2D eigenvalue weighted by molar-refractivity contribution is 7.52. The molecule has 52 heavy (non-hydrogen) atoms. The van der Waals surface area contributed by atoms with Crippen LogP contribution in [0, 0.1) is 23.2 Å². The van der Waals surface area contributed by atoms with Crippen molar-refractivity contribution in [3.8, 4) is 11.8 Å². The number of carbonyl (C=O) groups excluding carboxylic acids is 3. The number of likely N-dealkylation sites (N-methyl/N-ethyl adjacent to an activating group) is 1. The summed E-state index contributed by atoms with van der Waals surface area (Å²) in [6.45, 7) is 8.35. The second-order valence-corrected chi connectivity index (χ2v) is 15.3. The number of fused-ring (bicyclic) bond motifs is 1. The third-order valence-electron chi connectivity index (χ3n) is 8.68. The Labute approximate surface area is 302 Å². The lowest BCUT2D eigenvalue weighted by molar-refractivity contribution is -0.173. The number of hydrogen-bond donors (Lipinski definition) is 2. The minimum atomic E-state index is -4.56. The van der Waals surface area contributed by atoms with E-state index in [1.807, 2.05) is 18.0 Å². The van der Waals surface area contributed by atoms with Crippen molar-refractivity contribution in [1.82, 2.24) is 19.6 Å².